The normalized spacial score (nSPS) is 15.8. The molecule has 0 saturated heterocycles. The van der Waals surface area contributed by atoms with E-state index in [1.807, 2.05) is 6.26 Å². The number of nitrogens with one attached hydrogen (secondary N) is 1. The third-order valence-corrected chi connectivity index (χ3v) is 3.72. The Labute approximate surface area is 122 Å². The highest BCUT2D eigenvalue weighted by Gasteiger charge is 2.22. The molecule has 0 aliphatic carbocycles. The van der Waals surface area contributed by atoms with Crippen LogP contribution in [0.15, 0.2) is 18.2 Å². The molecule has 1 aliphatic rings. The molecule has 1 heterocycles. The van der Waals surface area contributed by atoms with Gasteiger partial charge in [0.2, 0.25) is 6.79 Å². The fourth-order valence-corrected chi connectivity index (χ4v) is 2.46. The number of carbonyl (C=O) groups excluding carboxylic acids is 1. The molecule has 0 radical (unpaired) electrons. The van der Waals surface area contributed by atoms with E-state index in [2.05, 4.69) is 5.32 Å². The second-order valence-corrected chi connectivity index (χ2v) is 5.98. The van der Waals surface area contributed by atoms with Crippen LogP contribution < -0.4 is 14.8 Å². The van der Waals surface area contributed by atoms with Gasteiger partial charge in [0, 0.05) is 12.1 Å². The molecule has 1 aromatic carbocycles. The highest BCUT2D eigenvalue weighted by atomic mass is 32.2. The van der Waals surface area contributed by atoms with Gasteiger partial charge in [0.05, 0.1) is 5.60 Å². The second kappa shape index (κ2) is 6.37. The Morgan fingerprint density at radius 1 is 1.45 bits per heavy atom. The van der Waals surface area contributed by atoms with Gasteiger partial charge in [-0.05, 0) is 43.6 Å². The van der Waals surface area contributed by atoms with Gasteiger partial charge < -0.3 is 19.9 Å². The Bertz CT molecular complexity index is 490. The maximum Gasteiger partial charge on any atom is 0.251 e. The largest absolute Gasteiger partial charge is 0.454 e. The third kappa shape index (κ3) is 3.80. The van der Waals surface area contributed by atoms with Crippen LogP contribution in [0.1, 0.15) is 23.7 Å². The summed E-state index contributed by atoms with van der Waals surface area (Å²) in [5.74, 6) is 1.85. The van der Waals surface area contributed by atoms with E-state index in [4.69, 9.17) is 9.47 Å². The standard InChI is InChI=1S/C14H19NO4S/c1-14(17,5-6-20-2)8-15-13(16)10-3-4-11-12(7-10)19-9-18-11/h3-4,7,17H,5-6,8-9H2,1-2H3,(H,15,16)/t14-/m1/s1. The molecule has 2 rings (SSSR count). The zero-order valence-corrected chi connectivity index (χ0v) is 12.5. The highest BCUT2D eigenvalue weighted by Crippen LogP contribution is 2.32. The average molecular weight is 297 g/mol. The molecule has 1 aromatic rings. The van der Waals surface area contributed by atoms with E-state index in [1.54, 1.807) is 36.9 Å². The predicted molar refractivity (Wildman–Crippen MR) is 78.5 cm³/mol. The van der Waals surface area contributed by atoms with Crippen LogP contribution in [0.5, 0.6) is 11.5 Å². The number of fused-ring (bicyclic) bond motifs is 1. The van der Waals surface area contributed by atoms with Gasteiger partial charge in [-0.2, -0.15) is 11.8 Å². The molecule has 1 amide bonds. The van der Waals surface area contributed by atoms with Gasteiger partial charge in [-0.15, -0.1) is 0 Å². The Kier molecular flexibility index (Phi) is 4.77. The first-order chi connectivity index (χ1) is 9.52. The van der Waals surface area contributed by atoms with Crippen molar-refractivity contribution in [2.75, 3.05) is 25.3 Å². The van der Waals surface area contributed by atoms with Crippen molar-refractivity contribution in [1.82, 2.24) is 5.32 Å². The van der Waals surface area contributed by atoms with Crippen LogP contribution in [-0.4, -0.2) is 42.0 Å². The molecule has 5 nitrogen and oxygen atoms in total. The molecular weight excluding hydrogens is 278 g/mol. The van der Waals surface area contributed by atoms with Gasteiger partial charge in [-0.3, -0.25) is 4.79 Å². The third-order valence-electron chi connectivity index (χ3n) is 3.11. The summed E-state index contributed by atoms with van der Waals surface area (Å²) in [6, 6.07) is 5.04. The van der Waals surface area contributed by atoms with E-state index in [9.17, 15) is 9.90 Å². The maximum atomic E-state index is 12.0. The number of benzene rings is 1. The van der Waals surface area contributed by atoms with E-state index in [0.717, 1.165) is 5.75 Å². The predicted octanol–water partition coefficient (Wildman–Crippen LogP) is 1.65. The second-order valence-electron chi connectivity index (χ2n) is 4.99. The number of carbonyl (C=O) groups is 1. The van der Waals surface area contributed by atoms with Crippen LogP contribution in [0.4, 0.5) is 0 Å². The molecule has 6 heteroatoms. The SMILES string of the molecule is CSCC[C@@](C)(O)CNC(=O)c1ccc2c(c1)OCO2. The summed E-state index contributed by atoms with van der Waals surface area (Å²) in [6.45, 7) is 2.13. The first-order valence-corrected chi connectivity index (χ1v) is 7.80. The minimum Gasteiger partial charge on any atom is -0.454 e. The fraction of sp³-hybridized carbons (Fsp3) is 0.500. The quantitative estimate of drug-likeness (QED) is 0.835. The van der Waals surface area contributed by atoms with E-state index >= 15 is 0 Å². The van der Waals surface area contributed by atoms with Crippen molar-refractivity contribution in [3.8, 4) is 11.5 Å². The van der Waals surface area contributed by atoms with Gasteiger partial charge in [0.15, 0.2) is 11.5 Å². The molecule has 0 fully saturated rings. The van der Waals surface area contributed by atoms with Crippen LogP contribution in [-0.2, 0) is 0 Å². The molecule has 0 unspecified atom stereocenters. The summed E-state index contributed by atoms with van der Waals surface area (Å²) in [5, 5.41) is 12.9. The summed E-state index contributed by atoms with van der Waals surface area (Å²) in [6.07, 6.45) is 2.62. The van der Waals surface area contributed by atoms with Crippen LogP contribution in [0.25, 0.3) is 0 Å². The van der Waals surface area contributed by atoms with Gasteiger partial charge in [-0.25, -0.2) is 0 Å². The van der Waals surface area contributed by atoms with Gasteiger partial charge in [0.25, 0.3) is 5.91 Å². The van der Waals surface area contributed by atoms with Crippen LogP contribution in [0, 0.1) is 0 Å². The molecule has 110 valence electrons. The molecule has 2 N–H and O–H groups in total. The summed E-state index contributed by atoms with van der Waals surface area (Å²) in [7, 11) is 0. The highest BCUT2D eigenvalue weighted by molar-refractivity contribution is 7.98. The fourth-order valence-electron chi connectivity index (χ4n) is 1.82. The zero-order valence-electron chi connectivity index (χ0n) is 11.6. The van der Waals surface area contributed by atoms with Crippen LogP contribution >= 0.6 is 11.8 Å². The van der Waals surface area contributed by atoms with Gasteiger partial charge in [0.1, 0.15) is 0 Å². The van der Waals surface area contributed by atoms with Crippen molar-refractivity contribution < 1.29 is 19.4 Å². The molecule has 20 heavy (non-hydrogen) atoms. The van der Waals surface area contributed by atoms with Crippen LogP contribution in [0.2, 0.25) is 0 Å². The van der Waals surface area contributed by atoms with Crippen molar-refractivity contribution >= 4 is 17.7 Å². The Morgan fingerprint density at radius 2 is 2.20 bits per heavy atom. The molecule has 1 atom stereocenters. The number of hydrogen-bond donors (Lipinski definition) is 2. The number of thioether (sulfide) groups is 1. The lowest BCUT2D eigenvalue weighted by Crippen LogP contribution is -2.41. The maximum absolute atomic E-state index is 12.0. The topological polar surface area (TPSA) is 67.8 Å². The molecule has 0 spiro atoms. The summed E-state index contributed by atoms with van der Waals surface area (Å²) < 4.78 is 10.4. The van der Waals surface area contributed by atoms with Crippen molar-refractivity contribution in [3.63, 3.8) is 0 Å². The Hall–Kier alpha value is -1.40. The monoisotopic (exact) mass is 297 g/mol. The molecule has 0 saturated carbocycles. The number of hydrogen-bond acceptors (Lipinski definition) is 5. The Morgan fingerprint density at radius 3 is 2.95 bits per heavy atom. The Balaban J connectivity index is 1.92. The smallest absolute Gasteiger partial charge is 0.251 e. The van der Waals surface area contributed by atoms with Crippen molar-refractivity contribution in [2.45, 2.75) is 18.9 Å². The number of aliphatic hydroxyl groups is 1. The van der Waals surface area contributed by atoms with Crippen molar-refractivity contribution in [2.24, 2.45) is 0 Å². The minimum absolute atomic E-state index is 0.184. The zero-order chi connectivity index (χ0) is 14.6. The first kappa shape index (κ1) is 15.0. The molecular formula is C14H19NO4S. The lowest BCUT2D eigenvalue weighted by Gasteiger charge is -2.23. The molecule has 0 aromatic heterocycles. The molecule has 1 aliphatic heterocycles. The van der Waals surface area contributed by atoms with Crippen molar-refractivity contribution in [1.29, 1.82) is 0 Å². The van der Waals surface area contributed by atoms with E-state index in [0.29, 0.717) is 23.5 Å². The number of ether oxygens (including phenoxy) is 2. The lowest BCUT2D eigenvalue weighted by atomic mass is 10.0. The summed E-state index contributed by atoms with van der Waals surface area (Å²) in [4.78, 5) is 12.0. The van der Waals surface area contributed by atoms with E-state index in [-0.39, 0.29) is 19.2 Å². The summed E-state index contributed by atoms with van der Waals surface area (Å²) >= 11 is 1.67. The van der Waals surface area contributed by atoms with E-state index < -0.39 is 5.60 Å². The van der Waals surface area contributed by atoms with Gasteiger partial charge in [-0.1, -0.05) is 0 Å². The summed E-state index contributed by atoms with van der Waals surface area (Å²) in [5.41, 5.74) is -0.399. The van der Waals surface area contributed by atoms with Crippen molar-refractivity contribution in [3.05, 3.63) is 23.8 Å². The number of amides is 1. The van der Waals surface area contributed by atoms with Crippen LogP contribution in [0.3, 0.4) is 0 Å². The average Bonchev–Trinajstić information content (AvgIpc) is 2.90. The lowest BCUT2D eigenvalue weighted by molar-refractivity contribution is 0.0528. The first-order valence-electron chi connectivity index (χ1n) is 6.41. The number of rotatable bonds is 6. The van der Waals surface area contributed by atoms with Gasteiger partial charge >= 0.3 is 0 Å². The minimum atomic E-state index is -0.894. The van der Waals surface area contributed by atoms with E-state index in [1.165, 1.54) is 0 Å². The molecule has 0 bridgehead atoms.